The first-order valence-corrected chi connectivity index (χ1v) is 5.97. The highest BCUT2D eigenvalue weighted by Gasteiger charge is 2.08. The molecule has 2 heterocycles. The molecule has 2 aromatic rings. The number of carbonyl (C=O) groups excluding carboxylic acids is 1. The summed E-state index contributed by atoms with van der Waals surface area (Å²) in [6, 6.07) is -0.421. The zero-order valence-corrected chi connectivity index (χ0v) is 10.3. The van der Waals surface area contributed by atoms with Crippen LogP contribution in [-0.4, -0.2) is 48.8 Å². The molecule has 0 radical (unpaired) electrons. The van der Waals surface area contributed by atoms with E-state index in [1.807, 2.05) is 0 Å². The molecular weight excluding hydrogens is 274 g/mol. The third-order valence-corrected chi connectivity index (χ3v) is 2.57. The van der Waals surface area contributed by atoms with Gasteiger partial charge in [0.15, 0.2) is 5.69 Å². The fourth-order valence-corrected chi connectivity index (χ4v) is 1.60. The average Bonchev–Trinajstić information content (AvgIpc) is 3.00. The number of aromatic nitrogens is 5. The van der Waals surface area contributed by atoms with Crippen molar-refractivity contribution in [3.8, 4) is 0 Å². The lowest BCUT2D eigenvalue weighted by Crippen LogP contribution is -2.31. The van der Waals surface area contributed by atoms with Crippen LogP contribution in [0.3, 0.4) is 0 Å². The maximum Gasteiger partial charge on any atom is 0.358 e. The second-order valence-electron chi connectivity index (χ2n) is 3.30. The summed E-state index contributed by atoms with van der Waals surface area (Å²) in [7, 11) is 0. The molecule has 0 aromatic carbocycles. The van der Waals surface area contributed by atoms with Crippen LogP contribution in [0.15, 0.2) is 11.7 Å². The van der Waals surface area contributed by atoms with Crippen molar-refractivity contribution in [2.75, 3.05) is 11.9 Å². The highest BCUT2D eigenvalue weighted by Crippen LogP contribution is 2.06. The number of anilines is 1. The lowest BCUT2D eigenvalue weighted by molar-refractivity contribution is 0.0690. The Bertz CT molecular complexity index is 567. The first-order chi connectivity index (χ1) is 9.15. The van der Waals surface area contributed by atoms with Gasteiger partial charge in [0.05, 0.1) is 12.7 Å². The summed E-state index contributed by atoms with van der Waals surface area (Å²) in [5.41, 5.74) is 1.36. The van der Waals surface area contributed by atoms with Crippen molar-refractivity contribution in [3.05, 3.63) is 17.4 Å². The second-order valence-corrected chi connectivity index (χ2v) is 4.13. The first kappa shape index (κ1) is 12.9. The molecule has 0 saturated heterocycles. The molecule has 0 bridgehead atoms. The zero-order valence-electron chi connectivity index (χ0n) is 9.48. The molecule has 0 aliphatic heterocycles. The van der Waals surface area contributed by atoms with Crippen molar-refractivity contribution in [2.45, 2.75) is 6.54 Å². The number of nitrogens with zero attached hydrogens (tertiary/aromatic N) is 5. The van der Waals surface area contributed by atoms with E-state index < -0.39 is 12.0 Å². The Morgan fingerprint density at radius 3 is 2.89 bits per heavy atom. The number of carboxylic acid groups (broad SMARTS) is 1. The highest BCUT2D eigenvalue weighted by atomic mass is 32.1. The summed E-state index contributed by atoms with van der Waals surface area (Å²) < 4.78 is 1.33. The van der Waals surface area contributed by atoms with Gasteiger partial charge in [0.1, 0.15) is 5.51 Å². The topological polar surface area (TPSA) is 135 Å². The molecule has 0 unspecified atom stereocenters. The molecule has 2 aromatic heterocycles. The number of aromatic carboxylic acids is 1. The number of hydrogen-bond acceptors (Lipinski definition) is 7. The summed E-state index contributed by atoms with van der Waals surface area (Å²) in [6.45, 7) is 0.580. The van der Waals surface area contributed by atoms with Gasteiger partial charge < -0.3 is 10.4 Å². The smallest absolute Gasteiger partial charge is 0.358 e. The summed E-state index contributed by atoms with van der Waals surface area (Å²) >= 11 is 1.20. The zero-order chi connectivity index (χ0) is 13.7. The van der Waals surface area contributed by atoms with Crippen molar-refractivity contribution in [2.24, 2.45) is 0 Å². The fraction of sp³-hybridized carbons (Fsp3) is 0.250. The van der Waals surface area contributed by atoms with Gasteiger partial charge in [0, 0.05) is 6.54 Å². The van der Waals surface area contributed by atoms with Crippen molar-refractivity contribution in [1.29, 1.82) is 0 Å². The van der Waals surface area contributed by atoms with E-state index in [1.54, 1.807) is 0 Å². The molecule has 11 heteroatoms. The van der Waals surface area contributed by atoms with Gasteiger partial charge in [-0.1, -0.05) is 16.6 Å². The third-order valence-electron chi connectivity index (χ3n) is 1.96. The van der Waals surface area contributed by atoms with E-state index in [2.05, 4.69) is 31.1 Å². The van der Waals surface area contributed by atoms with Crippen molar-refractivity contribution >= 4 is 28.5 Å². The number of carboxylic acids is 1. The van der Waals surface area contributed by atoms with Crippen LogP contribution in [0, 0.1) is 0 Å². The van der Waals surface area contributed by atoms with Gasteiger partial charge in [-0.2, -0.15) is 0 Å². The Kier molecular flexibility index (Phi) is 3.97. The molecule has 0 saturated carbocycles. The highest BCUT2D eigenvalue weighted by molar-refractivity contribution is 7.13. The summed E-state index contributed by atoms with van der Waals surface area (Å²) in [4.78, 5) is 22.0. The Hall–Kier alpha value is -2.56. The molecule has 10 nitrogen and oxygen atoms in total. The van der Waals surface area contributed by atoms with Crippen LogP contribution in [0.25, 0.3) is 0 Å². The van der Waals surface area contributed by atoms with Crippen molar-refractivity contribution < 1.29 is 14.7 Å². The number of carbonyl (C=O) groups is 2. The predicted octanol–water partition coefficient (Wildman–Crippen LogP) is -0.351. The van der Waals surface area contributed by atoms with Gasteiger partial charge >= 0.3 is 12.0 Å². The third kappa shape index (κ3) is 3.70. The number of urea groups is 1. The van der Waals surface area contributed by atoms with Crippen LogP contribution in [0.2, 0.25) is 0 Å². The number of hydrogen-bond donors (Lipinski definition) is 3. The average molecular weight is 283 g/mol. The van der Waals surface area contributed by atoms with Gasteiger partial charge in [-0.05, 0) is 0 Å². The largest absolute Gasteiger partial charge is 0.476 e. The van der Waals surface area contributed by atoms with Gasteiger partial charge in [0.2, 0.25) is 5.13 Å². The van der Waals surface area contributed by atoms with Gasteiger partial charge in [-0.15, -0.1) is 15.3 Å². The van der Waals surface area contributed by atoms with Crippen molar-refractivity contribution in [3.63, 3.8) is 0 Å². The fourth-order valence-electron chi connectivity index (χ4n) is 1.16. The standard InChI is InChI=1S/C8H9N7O3S/c16-6(17)5-3-15(14-12-5)2-1-9-7(18)11-8-13-10-4-19-8/h3-4H,1-2H2,(H,16,17)(H2,9,11,13,18). The Labute approximate surface area is 110 Å². The molecule has 2 rings (SSSR count). The van der Waals surface area contributed by atoms with E-state index in [0.717, 1.165) is 0 Å². The Morgan fingerprint density at radius 2 is 2.26 bits per heavy atom. The van der Waals surface area contributed by atoms with Crippen molar-refractivity contribution in [1.82, 2.24) is 30.5 Å². The Morgan fingerprint density at radius 1 is 1.42 bits per heavy atom. The van der Waals surface area contributed by atoms with Crippen LogP contribution >= 0.6 is 11.3 Å². The van der Waals surface area contributed by atoms with E-state index in [9.17, 15) is 9.59 Å². The van der Waals surface area contributed by atoms with Crippen LogP contribution in [0.1, 0.15) is 10.5 Å². The molecule has 2 amide bonds. The summed E-state index contributed by atoms with van der Waals surface area (Å²) in [6.07, 6.45) is 1.28. The molecular formula is C8H9N7O3S. The molecule has 100 valence electrons. The molecule has 0 spiro atoms. The lowest BCUT2D eigenvalue weighted by atomic mass is 10.5. The normalized spacial score (nSPS) is 10.1. The van der Waals surface area contributed by atoms with Gasteiger partial charge in [-0.25, -0.2) is 14.3 Å². The second kappa shape index (κ2) is 5.86. The minimum Gasteiger partial charge on any atom is -0.476 e. The maximum atomic E-state index is 11.4. The predicted molar refractivity (Wildman–Crippen MR) is 63.9 cm³/mol. The first-order valence-electron chi connectivity index (χ1n) is 5.09. The number of nitrogens with one attached hydrogen (secondary N) is 2. The number of amides is 2. The Balaban J connectivity index is 1.73. The number of rotatable bonds is 5. The van der Waals surface area contributed by atoms with Gasteiger partial charge in [0.25, 0.3) is 0 Å². The van der Waals surface area contributed by atoms with E-state index in [-0.39, 0.29) is 12.2 Å². The van der Waals surface area contributed by atoms with Gasteiger partial charge in [-0.3, -0.25) is 5.32 Å². The van der Waals surface area contributed by atoms with Crippen LogP contribution < -0.4 is 10.6 Å². The minimum atomic E-state index is -1.15. The maximum absolute atomic E-state index is 11.4. The van der Waals surface area contributed by atoms with Crippen LogP contribution in [0.4, 0.5) is 9.93 Å². The SMILES string of the molecule is O=C(NCCn1cc(C(=O)O)nn1)Nc1nncs1. The quantitative estimate of drug-likeness (QED) is 0.682. The van der Waals surface area contributed by atoms with Crippen LogP contribution in [-0.2, 0) is 6.54 Å². The lowest BCUT2D eigenvalue weighted by Gasteiger charge is -2.04. The molecule has 3 N–H and O–H groups in total. The minimum absolute atomic E-state index is 0.140. The van der Waals surface area contributed by atoms with E-state index in [4.69, 9.17) is 5.11 Å². The summed E-state index contributed by atoms with van der Waals surface area (Å²) in [5.74, 6) is -1.15. The molecule has 0 atom stereocenters. The van der Waals surface area contributed by atoms with Crippen LogP contribution in [0.5, 0.6) is 0 Å². The molecule has 0 aliphatic carbocycles. The molecule has 19 heavy (non-hydrogen) atoms. The monoisotopic (exact) mass is 283 g/mol. The molecule has 0 aliphatic rings. The summed E-state index contributed by atoms with van der Waals surface area (Å²) in [5, 5.41) is 28.4. The van der Waals surface area contributed by atoms with E-state index in [1.165, 1.54) is 27.7 Å². The van der Waals surface area contributed by atoms with E-state index >= 15 is 0 Å². The van der Waals surface area contributed by atoms with E-state index in [0.29, 0.717) is 11.7 Å². The molecule has 0 fully saturated rings.